The molecule has 1 amide bonds. The van der Waals surface area contributed by atoms with Crippen molar-refractivity contribution in [1.29, 1.82) is 0 Å². The van der Waals surface area contributed by atoms with Crippen LogP contribution in [0.25, 0.3) is 22.2 Å². The molecule has 1 heterocycles. The number of ether oxygens (including phenoxy) is 1. The lowest BCUT2D eigenvalue weighted by atomic mass is 9.97. The molecule has 0 saturated carbocycles. The van der Waals surface area contributed by atoms with Crippen LogP contribution in [0.2, 0.25) is 0 Å². The molecule has 0 unspecified atom stereocenters. The highest BCUT2D eigenvalue weighted by Gasteiger charge is 2.25. The molecule has 0 saturated heterocycles. The number of hydrogen-bond donors (Lipinski definition) is 2. The molecular weight excluding hydrogens is 548 g/mol. The first-order valence-electron chi connectivity index (χ1n) is 10.7. The summed E-state index contributed by atoms with van der Waals surface area (Å²) in [5.41, 5.74) is 2.66. The molecule has 4 aromatic rings. The van der Waals surface area contributed by atoms with E-state index in [2.05, 4.69) is 21.2 Å². The molecule has 0 bridgehead atoms. The van der Waals surface area contributed by atoms with E-state index >= 15 is 0 Å². The number of carbonyl (C=O) groups excluding carboxylic acids is 1. The highest BCUT2D eigenvalue weighted by atomic mass is 79.9. The molecule has 1 aromatic heterocycles. The van der Waals surface area contributed by atoms with Crippen molar-refractivity contribution in [3.63, 3.8) is 0 Å². The molecule has 0 radical (unpaired) electrons. The number of carbonyl (C=O) groups is 2. The standard InChI is InChI=1S/C26H21BrN2O6S/c1-15-23(19-13-18(27)9-11-20(19)28-24(15)16-6-4-3-5-7-16)25(30)29-21-10-8-17(26(31)32)12-22(21)36(33,34)14-35-2/h3-13H,14H2,1-2H3,(H,29,30)(H,31,32). The Morgan fingerprint density at radius 2 is 1.78 bits per heavy atom. The largest absolute Gasteiger partial charge is 0.478 e. The number of fused-ring (bicyclic) bond motifs is 1. The second kappa shape index (κ2) is 10.2. The number of halogens is 1. The molecule has 8 nitrogen and oxygen atoms in total. The molecule has 0 aliphatic rings. The third-order valence-corrected chi connectivity index (χ3v) is 7.60. The molecule has 10 heteroatoms. The van der Waals surface area contributed by atoms with Gasteiger partial charge in [0.2, 0.25) is 9.84 Å². The number of hydrogen-bond acceptors (Lipinski definition) is 6. The second-order valence-corrected chi connectivity index (χ2v) is 10.8. The average Bonchev–Trinajstić information content (AvgIpc) is 2.84. The topological polar surface area (TPSA) is 123 Å². The molecule has 0 aliphatic heterocycles. The predicted molar refractivity (Wildman–Crippen MR) is 140 cm³/mol. The first-order chi connectivity index (χ1) is 17.1. The summed E-state index contributed by atoms with van der Waals surface area (Å²) in [6.45, 7) is 1.78. The summed E-state index contributed by atoms with van der Waals surface area (Å²) in [7, 11) is -2.84. The van der Waals surface area contributed by atoms with Gasteiger partial charge in [0, 0.05) is 22.5 Å². The number of carboxylic acid groups (broad SMARTS) is 1. The number of sulfone groups is 1. The van der Waals surface area contributed by atoms with Gasteiger partial charge >= 0.3 is 5.97 Å². The van der Waals surface area contributed by atoms with Gasteiger partial charge in [-0.05, 0) is 48.9 Å². The van der Waals surface area contributed by atoms with Gasteiger partial charge in [0.1, 0.15) is 0 Å². The fourth-order valence-corrected chi connectivity index (χ4v) is 5.48. The molecule has 184 valence electrons. The lowest BCUT2D eigenvalue weighted by Gasteiger charge is -2.17. The number of rotatable bonds is 7. The zero-order chi connectivity index (χ0) is 26.0. The summed E-state index contributed by atoms with van der Waals surface area (Å²) in [5, 5.41) is 12.6. The minimum absolute atomic E-state index is 0.0531. The first kappa shape index (κ1) is 25.5. The Kier molecular flexibility index (Phi) is 7.21. The van der Waals surface area contributed by atoms with Gasteiger partial charge in [0.05, 0.1) is 32.9 Å². The van der Waals surface area contributed by atoms with Gasteiger partial charge in [-0.15, -0.1) is 0 Å². The Morgan fingerprint density at radius 3 is 2.44 bits per heavy atom. The summed E-state index contributed by atoms with van der Waals surface area (Å²) in [6, 6.07) is 18.3. The normalized spacial score (nSPS) is 11.4. The molecule has 0 aliphatic carbocycles. The fourth-order valence-electron chi connectivity index (χ4n) is 3.92. The number of aromatic nitrogens is 1. The number of nitrogens with one attached hydrogen (secondary N) is 1. The van der Waals surface area contributed by atoms with Crippen LogP contribution in [0.3, 0.4) is 0 Å². The van der Waals surface area contributed by atoms with Crippen molar-refractivity contribution in [3.8, 4) is 11.3 Å². The lowest BCUT2D eigenvalue weighted by Crippen LogP contribution is -2.19. The number of carboxylic acids is 1. The minimum Gasteiger partial charge on any atom is -0.478 e. The van der Waals surface area contributed by atoms with Gasteiger partial charge in [0.25, 0.3) is 5.91 Å². The summed E-state index contributed by atoms with van der Waals surface area (Å²) in [4.78, 5) is 29.6. The molecule has 0 atom stereocenters. The number of benzene rings is 3. The highest BCUT2D eigenvalue weighted by Crippen LogP contribution is 2.33. The zero-order valence-corrected chi connectivity index (χ0v) is 21.7. The van der Waals surface area contributed by atoms with E-state index in [-0.39, 0.29) is 16.1 Å². The number of methoxy groups -OCH3 is 1. The van der Waals surface area contributed by atoms with Gasteiger partial charge in [-0.1, -0.05) is 46.3 Å². The van der Waals surface area contributed by atoms with Crippen LogP contribution < -0.4 is 5.32 Å². The van der Waals surface area contributed by atoms with E-state index in [1.165, 1.54) is 19.2 Å². The van der Waals surface area contributed by atoms with Crippen LogP contribution in [-0.4, -0.2) is 43.4 Å². The van der Waals surface area contributed by atoms with E-state index in [4.69, 9.17) is 9.72 Å². The van der Waals surface area contributed by atoms with Crippen LogP contribution >= 0.6 is 15.9 Å². The van der Waals surface area contributed by atoms with E-state index in [9.17, 15) is 23.1 Å². The number of anilines is 1. The van der Waals surface area contributed by atoms with Gasteiger partial charge in [-0.2, -0.15) is 0 Å². The van der Waals surface area contributed by atoms with Crippen molar-refractivity contribution < 1.29 is 27.9 Å². The maximum Gasteiger partial charge on any atom is 0.335 e. The maximum absolute atomic E-state index is 13.7. The second-order valence-electron chi connectivity index (χ2n) is 7.98. The van der Waals surface area contributed by atoms with Crippen molar-refractivity contribution in [1.82, 2.24) is 4.98 Å². The van der Waals surface area contributed by atoms with Gasteiger partial charge < -0.3 is 15.2 Å². The van der Waals surface area contributed by atoms with Gasteiger partial charge in [0.15, 0.2) is 5.94 Å². The third kappa shape index (κ3) is 5.01. The highest BCUT2D eigenvalue weighted by molar-refractivity contribution is 9.10. The van der Waals surface area contributed by atoms with Crippen molar-refractivity contribution in [2.45, 2.75) is 11.8 Å². The Hall–Kier alpha value is -3.60. The van der Waals surface area contributed by atoms with Crippen molar-refractivity contribution in [3.05, 3.63) is 87.9 Å². The zero-order valence-electron chi connectivity index (χ0n) is 19.3. The summed E-state index contributed by atoms with van der Waals surface area (Å²) in [5.74, 6) is -2.54. The van der Waals surface area contributed by atoms with Crippen LogP contribution in [0.4, 0.5) is 5.69 Å². The number of aromatic carboxylic acids is 1. The Bertz CT molecular complexity index is 1600. The SMILES string of the molecule is COCS(=O)(=O)c1cc(C(=O)O)ccc1NC(=O)c1c(C)c(-c2ccccc2)nc2ccc(Br)cc12. The van der Waals surface area contributed by atoms with E-state index < -0.39 is 27.7 Å². The van der Waals surface area contributed by atoms with Crippen LogP contribution in [0.1, 0.15) is 26.3 Å². The Morgan fingerprint density at radius 1 is 1.06 bits per heavy atom. The van der Waals surface area contributed by atoms with Crippen LogP contribution in [0.15, 0.2) is 76.1 Å². The van der Waals surface area contributed by atoms with Crippen LogP contribution in [-0.2, 0) is 14.6 Å². The van der Waals surface area contributed by atoms with Crippen molar-refractivity contribution in [2.75, 3.05) is 18.4 Å². The van der Waals surface area contributed by atoms with E-state index in [0.29, 0.717) is 27.7 Å². The molecule has 36 heavy (non-hydrogen) atoms. The minimum atomic E-state index is -4.06. The number of pyridine rings is 1. The molecule has 2 N–H and O–H groups in total. The van der Waals surface area contributed by atoms with E-state index in [0.717, 1.165) is 16.1 Å². The molecular formula is C26H21BrN2O6S. The lowest BCUT2D eigenvalue weighted by molar-refractivity contribution is 0.0696. The van der Waals surface area contributed by atoms with Crippen molar-refractivity contribution in [2.24, 2.45) is 0 Å². The quantitative estimate of drug-likeness (QED) is 0.310. The van der Waals surface area contributed by atoms with Gasteiger partial charge in [-0.25, -0.2) is 18.2 Å². The summed E-state index contributed by atoms with van der Waals surface area (Å²) in [6.07, 6.45) is 0. The molecule has 3 aromatic carbocycles. The molecule has 4 rings (SSSR count). The smallest absolute Gasteiger partial charge is 0.335 e. The fraction of sp³-hybridized carbons (Fsp3) is 0.115. The van der Waals surface area contributed by atoms with Crippen LogP contribution in [0, 0.1) is 6.92 Å². The number of amides is 1. The van der Waals surface area contributed by atoms with Crippen molar-refractivity contribution >= 4 is 54.2 Å². The first-order valence-corrected chi connectivity index (χ1v) is 13.1. The average molecular weight is 569 g/mol. The van der Waals surface area contributed by atoms with E-state index in [1.54, 1.807) is 19.1 Å². The third-order valence-electron chi connectivity index (χ3n) is 5.55. The Labute approximate surface area is 216 Å². The maximum atomic E-state index is 13.7. The predicted octanol–water partition coefficient (Wildman–Crippen LogP) is 5.30. The van der Waals surface area contributed by atoms with E-state index in [1.807, 2.05) is 36.4 Å². The Balaban J connectivity index is 1.90. The molecule has 0 spiro atoms. The van der Waals surface area contributed by atoms with Gasteiger partial charge in [-0.3, -0.25) is 4.79 Å². The monoisotopic (exact) mass is 568 g/mol. The molecule has 0 fully saturated rings. The van der Waals surface area contributed by atoms with Crippen LogP contribution in [0.5, 0.6) is 0 Å². The summed E-state index contributed by atoms with van der Waals surface area (Å²) >= 11 is 3.44. The summed E-state index contributed by atoms with van der Waals surface area (Å²) < 4.78 is 31.2. The number of nitrogens with zero attached hydrogens (tertiary/aromatic N) is 1.